The van der Waals surface area contributed by atoms with Crippen molar-refractivity contribution < 1.29 is 13.2 Å². The van der Waals surface area contributed by atoms with Gasteiger partial charge in [-0.3, -0.25) is 0 Å². The van der Waals surface area contributed by atoms with E-state index in [4.69, 9.17) is 4.74 Å². The molecule has 0 fully saturated rings. The number of fused-ring (bicyclic) bond motifs is 1. The van der Waals surface area contributed by atoms with Crippen molar-refractivity contribution in [3.63, 3.8) is 0 Å². The maximum atomic E-state index is 12.6. The summed E-state index contributed by atoms with van der Waals surface area (Å²) < 4.78 is 32.9. The Hall–Kier alpha value is -3.12. The molecule has 0 radical (unpaired) electrons. The summed E-state index contributed by atoms with van der Waals surface area (Å²) >= 11 is 0. The molecule has 2 aromatic heterocycles. The molecule has 136 valence electrons. The second kappa shape index (κ2) is 6.89. The van der Waals surface area contributed by atoms with E-state index in [1.54, 1.807) is 54.6 Å². The smallest absolute Gasteiger partial charge is 0.206 e. The molecule has 4 aromatic rings. The number of benzene rings is 2. The van der Waals surface area contributed by atoms with Crippen LogP contribution in [0.25, 0.3) is 5.65 Å². The number of nitrogens with zero attached hydrogens (tertiary/aromatic N) is 2. The molecule has 4 rings (SSSR count). The number of hydrogen-bond acceptors (Lipinski definition) is 4. The molecule has 27 heavy (non-hydrogen) atoms. The first-order chi connectivity index (χ1) is 13.0. The van der Waals surface area contributed by atoms with Crippen molar-refractivity contribution in [2.45, 2.75) is 23.3 Å². The molecular weight excluding hydrogens is 360 g/mol. The first-order valence-electron chi connectivity index (χ1n) is 8.50. The number of aryl methyl sites for hydroxylation is 1. The highest BCUT2D eigenvalue weighted by Gasteiger charge is 2.17. The zero-order chi connectivity index (χ0) is 18.9. The van der Waals surface area contributed by atoms with Gasteiger partial charge in [-0.2, -0.15) is 0 Å². The number of sulfone groups is 1. The normalized spacial score (nSPS) is 11.6. The summed E-state index contributed by atoms with van der Waals surface area (Å²) in [5.74, 6) is 0.593. The molecule has 5 nitrogen and oxygen atoms in total. The Morgan fingerprint density at radius 2 is 1.59 bits per heavy atom. The topological polar surface area (TPSA) is 60.7 Å². The molecule has 0 saturated heterocycles. The van der Waals surface area contributed by atoms with Crippen LogP contribution < -0.4 is 4.74 Å². The first-order valence-corrected chi connectivity index (χ1v) is 9.98. The van der Waals surface area contributed by atoms with E-state index in [-0.39, 0.29) is 9.79 Å². The molecule has 2 heterocycles. The predicted molar refractivity (Wildman–Crippen MR) is 103 cm³/mol. The molecule has 0 unspecified atom stereocenters. The molecule has 0 amide bonds. The lowest BCUT2D eigenvalue weighted by Gasteiger charge is -2.07. The minimum Gasteiger partial charge on any atom is -0.487 e. The molecular formula is C21H18N2O3S. The fourth-order valence-electron chi connectivity index (χ4n) is 2.83. The summed E-state index contributed by atoms with van der Waals surface area (Å²) in [4.78, 5) is 5.02. The Labute approximate surface area is 157 Å². The fraction of sp³-hybridized carbons (Fsp3) is 0.0952. The molecule has 6 heteroatoms. The highest BCUT2D eigenvalue weighted by atomic mass is 32.2. The molecule has 0 saturated carbocycles. The number of pyridine rings is 1. The summed E-state index contributed by atoms with van der Waals surface area (Å²) in [5.41, 5.74) is 2.83. The van der Waals surface area contributed by atoms with Gasteiger partial charge in [0.2, 0.25) is 9.84 Å². The SMILES string of the molecule is Cc1ccc2nc(COc3ccc(S(=O)(=O)c4ccccc4)cc3)cn2c1. The molecule has 0 N–H and O–H groups in total. The van der Waals surface area contributed by atoms with Crippen LogP contribution in [0, 0.1) is 6.92 Å². The third kappa shape index (κ3) is 3.57. The van der Waals surface area contributed by atoms with Gasteiger partial charge >= 0.3 is 0 Å². The maximum Gasteiger partial charge on any atom is 0.206 e. The quantitative estimate of drug-likeness (QED) is 0.526. The minimum absolute atomic E-state index is 0.240. The number of hydrogen-bond donors (Lipinski definition) is 0. The lowest BCUT2D eigenvalue weighted by molar-refractivity contribution is 0.302. The predicted octanol–water partition coefficient (Wildman–Crippen LogP) is 4.05. The van der Waals surface area contributed by atoms with E-state index in [1.807, 2.05) is 35.9 Å². The lowest BCUT2D eigenvalue weighted by atomic mass is 10.3. The standard InChI is InChI=1S/C21H18N2O3S/c1-16-7-12-21-22-17(14-23(21)13-16)15-26-18-8-10-20(11-9-18)27(24,25)19-5-3-2-4-6-19/h2-14H,15H2,1H3. The van der Waals surface area contributed by atoms with Crippen LogP contribution >= 0.6 is 0 Å². The Morgan fingerprint density at radius 3 is 2.33 bits per heavy atom. The van der Waals surface area contributed by atoms with Crippen molar-refractivity contribution in [1.29, 1.82) is 0 Å². The van der Waals surface area contributed by atoms with E-state index in [2.05, 4.69) is 4.98 Å². The number of rotatable bonds is 5. The molecule has 0 atom stereocenters. The maximum absolute atomic E-state index is 12.6. The van der Waals surface area contributed by atoms with E-state index in [0.29, 0.717) is 12.4 Å². The zero-order valence-electron chi connectivity index (χ0n) is 14.7. The zero-order valence-corrected chi connectivity index (χ0v) is 15.6. The largest absolute Gasteiger partial charge is 0.487 e. The number of imidazole rings is 1. The van der Waals surface area contributed by atoms with Gasteiger partial charge in [0.25, 0.3) is 0 Å². The summed E-state index contributed by atoms with van der Waals surface area (Å²) in [7, 11) is -3.52. The van der Waals surface area contributed by atoms with E-state index in [1.165, 1.54) is 0 Å². The van der Waals surface area contributed by atoms with Crippen molar-refractivity contribution in [3.8, 4) is 5.75 Å². The third-order valence-corrected chi connectivity index (χ3v) is 6.01. The van der Waals surface area contributed by atoms with Gasteiger partial charge in [0.15, 0.2) is 0 Å². The van der Waals surface area contributed by atoms with Gasteiger partial charge in [0, 0.05) is 12.4 Å². The van der Waals surface area contributed by atoms with Gasteiger partial charge in [0.05, 0.1) is 15.5 Å². The van der Waals surface area contributed by atoms with Crippen molar-refractivity contribution >= 4 is 15.5 Å². The van der Waals surface area contributed by atoms with Gasteiger partial charge < -0.3 is 9.14 Å². The van der Waals surface area contributed by atoms with Gasteiger partial charge in [-0.15, -0.1) is 0 Å². The van der Waals surface area contributed by atoms with E-state index >= 15 is 0 Å². The highest BCUT2D eigenvalue weighted by molar-refractivity contribution is 7.91. The van der Waals surface area contributed by atoms with Crippen molar-refractivity contribution in [2.24, 2.45) is 0 Å². The molecule has 2 aromatic carbocycles. The van der Waals surface area contributed by atoms with Crippen LogP contribution in [-0.2, 0) is 16.4 Å². The van der Waals surface area contributed by atoms with E-state index < -0.39 is 9.84 Å². The van der Waals surface area contributed by atoms with Crippen molar-refractivity contribution in [2.75, 3.05) is 0 Å². The van der Waals surface area contributed by atoms with Gasteiger partial charge in [-0.05, 0) is 55.0 Å². The summed E-state index contributed by atoms with van der Waals surface area (Å²) in [5, 5.41) is 0. The average Bonchev–Trinajstić information content (AvgIpc) is 3.09. The fourth-order valence-corrected chi connectivity index (χ4v) is 4.12. The monoisotopic (exact) mass is 378 g/mol. The van der Waals surface area contributed by atoms with E-state index in [9.17, 15) is 8.42 Å². The molecule has 0 spiro atoms. The van der Waals surface area contributed by atoms with Crippen LogP contribution in [0.4, 0.5) is 0 Å². The van der Waals surface area contributed by atoms with Crippen LogP contribution in [-0.4, -0.2) is 17.8 Å². The highest BCUT2D eigenvalue weighted by Crippen LogP contribution is 2.23. The van der Waals surface area contributed by atoms with Crippen LogP contribution in [0.15, 0.2) is 88.9 Å². The second-order valence-electron chi connectivity index (χ2n) is 6.28. The van der Waals surface area contributed by atoms with Gasteiger partial charge in [-0.25, -0.2) is 13.4 Å². The number of aromatic nitrogens is 2. The van der Waals surface area contributed by atoms with Crippen molar-refractivity contribution in [1.82, 2.24) is 9.38 Å². The van der Waals surface area contributed by atoms with E-state index in [0.717, 1.165) is 16.9 Å². The Bertz CT molecular complexity index is 1180. The van der Waals surface area contributed by atoms with Gasteiger partial charge in [-0.1, -0.05) is 24.3 Å². The summed E-state index contributed by atoms with van der Waals surface area (Å²) in [6, 6.07) is 18.8. The number of ether oxygens (including phenoxy) is 1. The Balaban J connectivity index is 1.49. The Kier molecular flexibility index (Phi) is 4.41. The molecule has 0 aliphatic rings. The van der Waals surface area contributed by atoms with Gasteiger partial charge in [0.1, 0.15) is 18.0 Å². The van der Waals surface area contributed by atoms with Crippen LogP contribution in [0.5, 0.6) is 5.75 Å². The minimum atomic E-state index is -3.52. The second-order valence-corrected chi connectivity index (χ2v) is 8.23. The van der Waals surface area contributed by atoms with Crippen LogP contribution in [0.3, 0.4) is 0 Å². The summed E-state index contributed by atoms with van der Waals surface area (Å²) in [6.45, 7) is 2.34. The molecule has 0 aliphatic heterocycles. The average molecular weight is 378 g/mol. The van der Waals surface area contributed by atoms with Crippen LogP contribution in [0.2, 0.25) is 0 Å². The lowest BCUT2D eigenvalue weighted by Crippen LogP contribution is -2.02. The Morgan fingerprint density at radius 1 is 0.889 bits per heavy atom. The summed E-state index contributed by atoms with van der Waals surface area (Å²) in [6.07, 6.45) is 3.94. The van der Waals surface area contributed by atoms with Crippen LogP contribution in [0.1, 0.15) is 11.3 Å². The third-order valence-electron chi connectivity index (χ3n) is 4.22. The molecule has 0 bridgehead atoms. The van der Waals surface area contributed by atoms with Crippen molar-refractivity contribution in [3.05, 3.63) is 90.4 Å². The molecule has 0 aliphatic carbocycles. The first kappa shape index (κ1) is 17.3.